The molecule has 1 saturated carbocycles. The fourth-order valence-electron chi connectivity index (χ4n) is 11.3. The van der Waals surface area contributed by atoms with Crippen molar-refractivity contribution in [2.45, 2.75) is 115 Å². The number of likely N-dealkylation sites (tertiary alicyclic amines) is 1. The fourth-order valence-corrected chi connectivity index (χ4v) is 11.3. The lowest BCUT2D eigenvalue weighted by molar-refractivity contribution is -0.135. The fraction of sp³-hybridized carbons (Fsp3) is 0.583. The van der Waals surface area contributed by atoms with Crippen LogP contribution >= 0.6 is 0 Å². The second-order valence-electron chi connectivity index (χ2n) is 18.7. The standard InChI is InChI=1S/C48H63FN8O7/c1-7-32-36(52-46(61)42(32)49)25-64-47-34-22-39(63-6)35(44(50)59)21-33(34)41(27(3)51-47)26(2)29-13-11-28(12-14-29)23-54(4)31-17-19-56(20-18-31)24-30-9-8-10-37-43(30)55(5)48(62)57(37)38-15-16-40(58)53-45(38)60/h8-10,21-22,27-29,31-32,36,38,42H,7,11-20,23-25H2,1-6H3,(H2,50,59)(H,52,61)(H,53,58,60)/b41-26-/t27?,28?,29?,32-,36+,38?,42-/m0/s1. The molecule has 1 aromatic heterocycles. The van der Waals surface area contributed by atoms with Crippen molar-refractivity contribution >= 4 is 46.1 Å². The lowest BCUT2D eigenvalue weighted by Crippen LogP contribution is -2.44. The van der Waals surface area contributed by atoms with Gasteiger partial charge in [0.15, 0.2) is 6.17 Å². The monoisotopic (exact) mass is 882 g/mol. The summed E-state index contributed by atoms with van der Waals surface area (Å²) in [6, 6.07) is 8.46. The number of benzene rings is 2. The Morgan fingerprint density at radius 3 is 2.42 bits per heavy atom. The number of nitrogens with zero attached hydrogens (tertiary/aromatic N) is 5. The number of amides is 4. The molecule has 16 heteroatoms. The second-order valence-corrected chi connectivity index (χ2v) is 18.7. The zero-order valence-corrected chi connectivity index (χ0v) is 38.0. The number of carbonyl (C=O) groups is 4. The van der Waals surface area contributed by atoms with Gasteiger partial charge in [0.25, 0.3) is 11.8 Å². The van der Waals surface area contributed by atoms with Crippen molar-refractivity contribution in [2.75, 3.05) is 40.4 Å². The average Bonchev–Trinajstić information content (AvgIpc) is 3.71. The van der Waals surface area contributed by atoms with E-state index >= 15 is 0 Å². The molecule has 64 heavy (non-hydrogen) atoms. The van der Waals surface area contributed by atoms with Crippen molar-refractivity contribution in [1.82, 2.24) is 29.6 Å². The molecule has 1 aliphatic carbocycles. The highest BCUT2D eigenvalue weighted by Crippen LogP contribution is 2.43. The SMILES string of the molecule is CC[C@@H]1[C@H](F)C(=O)N[C@@H]1COC1=NC(C)/C(=C(\C)C2CCC(CN(C)C3CCN(Cc4cccc5c4n(C)c(=O)n5C4CCC(=O)NC4=O)CC3)CC2)c2cc(C(N)=O)c(OC)cc21. The highest BCUT2D eigenvalue weighted by Gasteiger charge is 2.42. The first-order valence-electron chi connectivity index (χ1n) is 23.0. The molecule has 0 bridgehead atoms. The van der Waals surface area contributed by atoms with E-state index in [1.54, 1.807) is 28.3 Å². The van der Waals surface area contributed by atoms with Gasteiger partial charge in [0.2, 0.25) is 17.7 Å². The molecule has 4 amide bonds. The van der Waals surface area contributed by atoms with E-state index in [9.17, 15) is 28.4 Å². The molecule has 2 unspecified atom stereocenters. The van der Waals surface area contributed by atoms with E-state index in [0.29, 0.717) is 54.5 Å². The number of imide groups is 1. The number of rotatable bonds is 12. The van der Waals surface area contributed by atoms with Gasteiger partial charge in [-0.2, -0.15) is 0 Å². The topological polar surface area (TPSA) is 183 Å². The minimum absolute atomic E-state index is 0.0656. The zero-order chi connectivity index (χ0) is 45.6. The Morgan fingerprint density at radius 2 is 1.75 bits per heavy atom. The van der Waals surface area contributed by atoms with E-state index in [1.807, 2.05) is 26.0 Å². The van der Waals surface area contributed by atoms with Gasteiger partial charge in [-0.3, -0.25) is 38.5 Å². The van der Waals surface area contributed by atoms with Crippen molar-refractivity contribution in [2.24, 2.45) is 35.5 Å². The molecule has 8 rings (SSSR count). The highest BCUT2D eigenvalue weighted by molar-refractivity contribution is 6.06. The first-order valence-corrected chi connectivity index (χ1v) is 23.0. The molecule has 5 aliphatic rings. The van der Waals surface area contributed by atoms with Crippen LogP contribution in [0.25, 0.3) is 16.6 Å². The third-order valence-corrected chi connectivity index (χ3v) is 14.9. The van der Waals surface area contributed by atoms with Gasteiger partial charge in [-0.1, -0.05) is 24.6 Å². The smallest absolute Gasteiger partial charge is 0.329 e. The molecule has 2 aromatic carbocycles. The van der Waals surface area contributed by atoms with E-state index in [1.165, 1.54) is 12.7 Å². The molecular formula is C48H63FN8O7. The number of para-hydroxylation sites is 1. The van der Waals surface area contributed by atoms with Crippen molar-refractivity contribution in [3.8, 4) is 5.75 Å². The summed E-state index contributed by atoms with van der Waals surface area (Å²) < 4.78 is 29.7. The van der Waals surface area contributed by atoms with E-state index in [2.05, 4.69) is 40.5 Å². The number of nitrogens with two attached hydrogens (primary N) is 1. The Kier molecular flexibility index (Phi) is 13.2. The maximum absolute atomic E-state index is 14.6. The Morgan fingerprint density at radius 1 is 1.02 bits per heavy atom. The first-order chi connectivity index (χ1) is 30.7. The largest absolute Gasteiger partial charge is 0.496 e. The summed E-state index contributed by atoms with van der Waals surface area (Å²) in [5.74, 6) is -0.825. The van der Waals surface area contributed by atoms with Gasteiger partial charge in [0.05, 0.1) is 35.8 Å². The number of primary amides is 1. The van der Waals surface area contributed by atoms with Crippen LogP contribution < -0.4 is 26.8 Å². The van der Waals surface area contributed by atoms with Crippen molar-refractivity contribution in [3.05, 3.63) is 68.6 Å². The number of piperidine rings is 2. The molecule has 4 aliphatic heterocycles. The number of alkyl halides is 1. The summed E-state index contributed by atoms with van der Waals surface area (Å²) in [5, 5.41) is 5.13. The predicted molar refractivity (Wildman–Crippen MR) is 242 cm³/mol. The predicted octanol–water partition coefficient (Wildman–Crippen LogP) is 4.63. The zero-order valence-electron chi connectivity index (χ0n) is 38.0. The maximum atomic E-state index is 14.6. The van der Waals surface area contributed by atoms with Gasteiger partial charge in [-0.25, -0.2) is 14.2 Å². The Hall–Kier alpha value is -5.35. The van der Waals surface area contributed by atoms with E-state index in [4.69, 9.17) is 20.2 Å². The van der Waals surface area contributed by atoms with Crippen LogP contribution in [0.3, 0.4) is 0 Å². The van der Waals surface area contributed by atoms with Crippen molar-refractivity contribution in [3.63, 3.8) is 0 Å². The second kappa shape index (κ2) is 18.6. The number of carbonyl (C=O) groups excluding carboxylic acids is 4. The summed E-state index contributed by atoms with van der Waals surface area (Å²) in [4.78, 5) is 72.8. The van der Waals surface area contributed by atoms with Crippen molar-refractivity contribution in [1.29, 1.82) is 0 Å². The number of fused-ring (bicyclic) bond motifs is 2. The molecule has 4 fully saturated rings. The number of halogens is 1. The number of aliphatic imine (C=N–C) groups is 1. The van der Waals surface area contributed by atoms with Crippen LogP contribution in [0.2, 0.25) is 0 Å². The number of imidazole rings is 1. The summed E-state index contributed by atoms with van der Waals surface area (Å²) >= 11 is 0. The number of allylic oxidation sites excluding steroid dienone is 1. The number of aryl methyl sites for hydroxylation is 1. The van der Waals surface area contributed by atoms with Crippen LogP contribution in [0, 0.1) is 17.8 Å². The number of hydrogen-bond donors (Lipinski definition) is 3. The molecule has 4 N–H and O–H groups in total. The number of nitrogens with one attached hydrogen (secondary N) is 2. The molecule has 0 radical (unpaired) electrons. The van der Waals surface area contributed by atoms with Crippen molar-refractivity contribution < 1.29 is 33.0 Å². The minimum atomic E-state index is -1.57. The molecule has 3 aromatic rings. The molecule has 5 atom stereocenters. The number of ether oxygens (including phenoxy) is 2. The summed E-state index contributed by atoms with van der Waals surface area (Å²) in [6.45, 7) is 9.77. The van der Waals surface area contributed by atoms with E-state index < -0.39 is 41.9 Å². The Balaban J connectivity index is 0.892. The molecule has 3 saturated heterocycles. The average molecular weight is 883 g/mol. The number of methoxy groups -OCH3 is 1. The van der Waals surface area contributed by atoms with Gasteiger partial charge in [0, 0.05) is 44.1 Å². The van der Waals surface area contributed by atoms with Gasteiger partial charge >= 0.3 is 5.69 Å². The van der Waals surface area contributed by atoms with E-state index in [-0.39, 0.29) is 36.2 Å². The lowest BCUT2D eigenvalue weighted by Gasteiger charge is -2.39. The van der Waals surface area contributed by atoms with Gasteiger partial charge in [0.1, 0.15) is 18.4 Å². The molecular weight excluding hydrogens is 820 g/mol. The van der Waals surface area contributed by atoms with Crippen LogP contribution in [0.15, 0.2) is 45.7 Å². The molecule has 15 nitrogen and oxygen atoms in total. The van der Waals surface area contributed by atoms with Crippen LogP contribution in [-0.4, -0.2) is 113 Å². The summed E-state index contributed by atoms with van der Waals surface area (Å²) in [5.41, 5.74) is 12.3. The third kappa shape index (κ3) is 8.62. The Labute approximate surface area is 373 Å². The molecule has 344 valence electrons. The highest BCUT2D eigenvalue weighted by atomic mass is 19.1. The Bertz CT molecular complexity index is 2440. The number of aromatic nitrogens is 2. The van der Waals surface area contributed by atoms with Crippen LogP contribution in [0.4, 0.5) is 4.39 Å². The first kappa shape index (κ1) is 45.2. The lowest BCUT2D eigenvalue weighted by atomic mass is 9.75. The quantitative estimate of drug-likeness (QED) is 0.219. The molecule has 0 spiro atoms. The summed E-state index contributed by atoms with van der Waals surface area (Å²) in [7, 11) is 5.50. The molecule has 5 heterocycles. The van der Waals surface area contributed by atoms with Crippen LogP contribution in [0.1, 0.15) is 112 Å². The minimum Gasteiger partial charge on any atom is -0.496 e. The number of hydrogen-bond acceptors (Lipinski definition) is 10. The maximum Gasteiger partial charge on any atom is 0.329 e. The third-order valence-electron chi connectivity index (χ3n) is 14.9. The van der Waals surface area contributed by atoms with Gasteiger partial charge < -0.3 is 25.4 Å². The normalized spacial score (nSPS) is 27.6. The van der Waals surface area contributed by atoms with Gasteiger partial charge in [-0.05, 0) is 132 Å². The van der Waals surface area contributed by atoms with Gasteiger partial charge in [-0.15, -0.1) is 0 Å². The summed E-state index contributed by atoms with van der Waals surface area (Å²) in [6.07, 6.45) is 5.84. The van der Waals surface area contributed by atoms with E-state index in [0.717, 1.165) is 85.9 Å². The van der Waals surface area contributed by atoms with Crippen LogP contribution in [-0.2, 0) is 32.7 Å². The van der Waals surface area contributed by atoms with Crippen LogP contribution in [0.5, 0.6) is 5.75 Å².